The Morgan fingerprint density at radius 3 is 0.417 bits per heavy atom. The first-order valence-corrected chi connectivity index (χ1v) is 83.4. The number of hydrogen-bond donors (Lipinski definition) is 2. The standard InChI is InChI=1S/C4H12N2.6C4H10N2.CH2I2.5ClH.8HI.Na.6H2O.7Pt/c7*5-3-1-2-4-6;2-1-3;;;;;;;;;;;;;;;;;;;;;;;;;;;/h1-6H2;6*5-6H,1-4H2;1H2;13*1H;;6*1H2;;;;;;;/q;6*-2;;;;;;;;;;;;;;;+1;;;;;;;2*+2;5*+4/p-13. The zero-order valence-corrected chi connectivity index (χ0v) is 82.8. The molecule has 0 aromatic heterocycles. The molecule has 43 heteroatoms. The summed E-state index contributed by atoms with van der Waals surface area (Å²) < 4.78 is 0.126. The van der Waals surface area contributed by atoms with Gasteiger partial charge in [0.25, 0.3) is 0 Å². The largest absolute Gasteiger partial charge is 2.00 e. The predicted molar refractivity (Wildman–Crippen MR) is 383 cm³/mol. The van der Waals surface area contributed by atoms with Crippen LogP contribution in [0.3, 0.4) is 0 Å². The van der Waals surface area contributed by atoms with Crippen molar-refractivity contribution < 1.29 is 174 Å². The molecule has 72 heavy (non-hydrogen) atoms. The van der Waals surface area contributed by atoms with Crippen LogP contribution in [-0.4, -0.2) is 127 Å². The van der Waals surface area contributed by atoms with Crippen molar-refractivity contribution in [2.24, 2.45) is 11.5 Å². The number of rotatable bonds is 21. The van der Waals surface area contributed by atoms with Gasteiger partial charge in [0.05, 0.1) is 2.43 Å². The number of nitrogens with two attached hydrogens (primary N) is 2. The molecule has 0 amide bonds. The van der Waals surface area contributed by atoms with Crippen LogP contribution in [0.2, 0.25) is 0 Å². The van der Waals surface area contributed by atoms with Crippen molar-refractivity contribution in [1.29, 1.82) is 0 Å². The number of halogens is 15. The number of hydrogen-bond acceptors (Lipinski definition) is 2. The Labute approximate surface area is 660 Å². The Morgan fingerprint density at radius 1 is 0.333 bits per heavy atom. The molecule has 0 saturated carbocycles. The zero-order valence-electron chi connectivity index (χ0n) is 39.5. The van der Waals surface area contributed by atoms with Crippen molar-refractivity contribution in [2.45, 2.75) is 89.9 Å². The second-order valence-electron chi connectivity index (χ2n) is 9.08. The molecule has 0 rings (SSSR count). The molecule has 0 aliphatic rings. The van der Waals surface area contributed by atoms with E-state index in [2.05, 4.69) is 200 Å². The topological polar surface area (TPSA) is 527 Å². The number of unbranched alkanes of at least 4 members (excludes halogenated alkanes) is 7. The van der Waals surface area contributed by atoms with Crippen LogP contribution in [0.15, 0.2) is 0 Å². The normalized spacial score (nSPS) is 7.78. The SMILES string of the molecule is ICI.NCCCCN.O.O.O.O.O.O.[Cl-].[Cl][Pt+2][Cl].[Cl][Pt+2][Cl].[I][Pt+2][I].[I][Pt+2][I].[I][Pt]([I])([I])[I].[NH-]CCCC[NH-].[NH-]CCCC[NH-].[NH-]CCCC[NH-].[NH-]CCCC[NH-].[NH-]CCCC[NH-].[NH-]CCCC[NH-].[Na+].[Pt+2].[Pt+2]. The zero-order chi connectivity index (χ0) is 51.8. The summed E-state index contributed by atoms with van der Waals surface area (Å²) in [6.07, 6.45) is 12.8. The van der Waals surface area contributed by atoms with E-state index in [1.54, 1.807) is 0 Å². The van der Waals surface area contributed by atoms with Gasteiger partial charge in [0, 0.05) is 0 Å². The average Bonchev–Trinajstić information content (AvgIpc) is 3.23. The van der Waals surface area contributed by atoms with Crippen LogP contribution in [0.5, 0.6) is 0 Å². The Morgan fingerprint density at radius 2 is 0.389 bits per heavy atom. The summed E-state index contributed by atoms with van der Waals surface area (Å²) in [5.41, 5.74) is 89.8. The summed E-state index contributed by atoms with van der Waals surface area (Å²) in [6, 6.07) is 0. The minimum atomic E-state index is -1.06. The van der Waals surface area contributed by atoms with Crippen LogP contribution in [0.4, 0.5) is 0 Å². The fourth-order valence-electron chi connectivity index (χ4n) is 1.79. The summed E-state index contributed by atoms with van der Waals surface area (Å²) in [6.45, 7) is 7.37. The van der Waals surface area contributed by atoms with E-state index in [4.69, 9.17) is 118 Å². The van der Waals surface area contributed by atoms with Gasteiger partial charge in [-0.3, -0.25) is 0 Å². The van der Waals surface area contributed by atoms with Gasteiger partial charge < -0.3 is 126 Å². The maximum absolute atomic E-state index is 6.62. The first kappa shape index (κ1) is 156. The van der Waals surface area contributed by atoms with Crippen molar-refractivity contribution in [2.75, 3.05) is 94.1 Å². The van der Waals surface area contributed by atoms with Crippen LogP contribution in [0.1, 0.15) is 89.9 Å². The predicted octanol–water partition coefficient (Wildman–Crippen LogP) is 11.6. The molecule has 0 bridgehead atoms. The number of alkyl halides is 2. The molecule has 0 heterocycles. The van der Waals surface area contributed by atoms with Crippen molar-refractivity contribution in [1.82, 2.24) is 0 Å². The molecule has 0 fully saturated rings. The van der Waals surface area contributed by atoms with Gasteiger partial charge >= 0.3 is 321 Å². The Bertz CT molecular complexity index is 449. The van der Waals surface area contributed by atoms with E-state index >= 15 is 0 Å². The second-order valence-corrected chi connectivity index (χ2v) is 153. The van der Waals surface area contributed by atoms with E-state index in [0.29, 0.717) is 101 Å². The summed E-state index contributed by atoms with van der Waals surface area (Å²) in [5, 5.41) is 0. The molecule has 484 valence electrons. The van der Waals surface area contributed by atoms with Crippen molar-refractivity contribution in [3.05, 3.63) is 68.8 Å². The van der Waals surface area contributed by atoms with Gasteiger partial charge in [-0.25, -0.2) is 0 Å². The Balaban J connectivity index is -0.0000000171. The van der Waals surface area contributed by atoms with Crippen molar-refractivity contribution >= 4 is 238 Å². The van der Waals surface area contributed by atoms with Crippen LogP contribution in [0, 0.1) is 0 Å². The van der Waals surface area contributed by atoms with E-state index in [1.165, 1.54) is 2.43 Å². The smallest absolute Gasteiger partial charge is 0.677 e. The molecular weight excluding hydrogens is 3480 g/mol. The van der Waals surface area contributed by atoms with Crippen LogP contribution < -0.4 is 53.4 Å². The summed E-state index contributed by atoms with van der Waals surface area (Å²) in [4.78, 5) is 0. The van der Waals surface area contributed by atoms with Gasteiger partial charge in [-0.2, -0.15) is 78.5 Å². The van der Waals surface area contributed by atoms with E-state index < -0.39 is 34.3 Å². The first-order valence-electron chi connectivity index (χ1n) is 17.5. The Kier molecular flexibility index (Phi) is 464. The summed E-state index contributed by atoms with van der Waals surface area (Å²) >= 11 is 24.3. The Hall–Kier alpha value is 13.8. The van der Waals surface area contributed by atoms with Gasteiger partial charge in [0.2, 0.25) is 0 Å². The van der Waals surface area contributed by atoms with E-state index in [-0.39, 0.29) is 117 Å². The van der Waals surface area contributed by atoms with Crippen LogP contribution in [0.25, 0.3) is 68.8 Å². The molecule has 0 atom stereocenters. The third-order valence-corrected chi connectivity index (χ3v) is 4.28. The minimum absolute atomic E-state index is 0. The van der Waals surface area contributed by atoms with Crippen molar-refractivity contribution in [3.8, 4) is 0 Å². The molecule has 0 unspecified atom stereocenters. The molecule has 0 aromatic rings. The monoisotopic (exact) mass is 3560 g/mol. The van der Waals surface area contributed by atoms with E-state index in [9.17, 15) is 0 Å². The number of nitrogens with one attached hydrogen (secondary N) is 12. The maximum atomic E-state index is 6.62. The van der Waals surface area contributed by atoms with E-state index in [0.717, 1.165) is 103 Å². The van der Waals surface area contributed by atoms with Crippen LogP contribution >= 0.6 is 238 Å². The fourth-order valence-corrected chi connectivity index (χ4v) is 1.79. The second kappa shape index (κ2) is 214. The average molecular weight is 3560 g/mol. The van der Waals surface area contributed by atoms with Gasteiger partial charge in [-0.05, 0) is 25.9 Å². The van der Waals surface area contributed by atoms with Gasteiger partial charge in [-0.15, -0.1) is 0 Å². The van der Waals surface area contributed by atoms with Crippen LogP contribution in [-0.2, 0) is 98.8 Å². The maximum Gasteiger partial charge on any atom is 2.00 e. The fraction of sp³-hybridized carbons (Fsp3) is 1.00. The molecule has 0 aromatic carbocycles. The molecule has 0 aliphatic heterocycles. The minimum Gasteiger partial charge on any atom is -0.677 e. The third-order valence-electron chi connectivity index (χ3n) is 4.28. The molecule has 0 radical (unpaired) electrons. The van der Waals surface area contributed by atoms with Crippen molar-refractivity contribution in [3.63, 3.8) is 0 Å². The molecular formula is C29H86Cl5I10N14NaO6Pt7. The quantitative estimate of drug-likeness (QED) is 0.0490. The molecule has 0 aliphatic carbocycles. The van der Waals surface area contributed by atoms with Gasteiger partial charge in [-0.1, -0.05) is 122 Å². The molecule has 28 N–H and O–H groups in total. The third kappa shape index (κ3) is 475. The summed E-state index contributed by atoms with van der Waals surface area (Å²) in [7, 11) is 19.5. The molecule has 0 saturated heterocycles. The first-order chi connectivity index (χ1) is 29.5. The van der Waals surface area contributed by atoms with Gasteiger partial charge in [0.15, 0.2) is 0 Å². The van der Waals surface area contributed by atoms with Gasteiger partial charge in [0.1, 0.15) is 0 Å². The van der Waals surface area contributed by atoms with E-state index in [1.807, 2.05) is 0 Å². The molecule has 20 nitrogen and oxygen atoms in total. The molecule has 0 spiro atoms. The summed E-state index contributed by atoms with van der Waals surface area (Å²) in [5.74, 6) is 0.